The Morgan fingerprint density at radius 1 is 1.32 bits per heavy atom. The molecule has 25 heavy (non-hydrogen) atoms. The lowest BCUT2D eigenvalue weighted by molar-refractivity contribution is -0.114. The van der Waals surface area contributed by atoms with Crippen LogP contribution in [-0.2, 0) is 9.53 Å². The maximum atomic E-state index is 12.0. The topological polar surface area (TPSA) is 95.0 Å². The summed E-state index contributed by atoms with van der Waals surface area (Å²) in [7, 11) is 0. The quantitative estimate of drug-likeness (QED) is 0.415. The number of ether oxygens (including phenoxy) is 1. The van der Waals surface area contributed by atoms with Gasteiger partial charge in [0, 0.05) is 37.4 Å². The number of nitrogens with zero attached hydrogens (tertiary/aromatic N) is 1. The third kappa shape index (κ3) is 6.36. The fourth-order valence-electron chi connectivity index (χ4n) is 2.80. The lowest BCUT2D eigenvalue weighted by Gasteiger charge is -2.27. The molecule has 1 aromatic rings. The Balaban J connectivity index is 1.88. The van der Waals surface area contributed by atoms with Gasteiger partial charge in [-0.1, -0.05) is 18.2 Å². The molecule has 1 atom stereocenters. The maximum Gasteiger partial charge on any atom is 0.246 e. The number of hydrogen-bond donors (Lipinski definition) is 4. The fourth-order valence-corrected chi connectivity index (χ4v) is 2.80. The molecule has 0 aromatic heterocycles. The molecular weight excluding hydrogens is 320 g/mol. The van der Waals surface area contributed by atoms with Crippen molar-refractivity contribution < 1.29 is 14.6 Å². The molecule has 1 saturated heterocycles. The molecule has 2 rings (SSSR count). The average Bonchev–Trinajstić information content (AvgIpc) is 3.07. The molecule has 0 bridgehead atoms. The van der Waals surface area contributed by atoms with Gasteiger partial charge < -0.3 is 25.8 Å². The van der Waals surface area contributed by atoms with Crippen molar-refractivity contribution in [3.8, 4) is 0 Å². The first-order valence-corrected chi connectivity index (χ1v) is 8.73. The van der Waals surface area contributed by atoms with Gasteiger partial charge in [-0.05, 0) is 31.9 Å². The molecule has 7 nitrogen and oxygen atoms in total. The van der Waals surface area contributed by atoms with Gasteiger partial charge in [0.1, 0.15) is 6.54 Å². The van der Waals surface area contributed by atoms with E-state index in [0.29, 0.717) is 32.1 Å². The number of anilines is 1. The van der Waals surface area contributed by atoms with Crippen LogP contribution in [0.25, 0.3) is 0 Å². The number of carbonyl (C=O) groups is 1. The minimum atomic E-state index is -0.169. The zero-order chi connectivity index (χ0) is 18.0. The summed E-state index contributed by atoms with van der Waals surface area (Å²) in [5, 5.41) is 18.5. The molecule has 138 valence electrons. The molecule has 0 spiro atoms. The lowest BCUT2D eigenvalue weighted by Crippen LogP contribution is -2.44. The molecule has 0 aliphatic carbocycles. The van der Waals surface area contributed by atoms with Gasteiger partial charge in [0.25, 0.3) is 0 Å². The predicted molar refractivity (Wildman–Crippen MR) is 98.6 cm³/mol. The second kappa shape index (κ2) is 10.0. The Morgan fingerprint density at radius 2 is 2.12 bits per heavy atom. The first kappa shape index (κ1) is 19.2. The number of rotatable bonds is 8. The first-order valence-electron chi connectivity index (χ1n) is 8.73. The smallest absolute Gasteiger partial charge is 0.246 e. The van der Waals surface area contributed by atoms with Crippen LogP contribution in [0.1, 0.15) is 19.8 Å². The summed E-state index contributed by atoms with van der Waals surface area (Å²) >= 11 is 0. The summed E-state index contributed by atoms with van der Waals surface area (Å²) in [5.41, 5.74) is 0.683. The van der Waals surface area contributed by atoms with Crippen molar-refractivity contribution in [1.29, 1.82) is 0 Å². The summed E-state index contributed by atoms with van der Waals surface area (Å²) in [6.07, 6.45) is 1.60. The van der Waals surface area contributed by atoms with Crippen molar-refractivity contribution in [2.24, 2.45) is 10.4 Å². The number of carbonyl (C=O) groups excluding carboxylic acids is 1. The molecule has 0 radical (unpaired) electrons. The van der Waals surface area contributed by atoms with E-state index < -0.39 is 0 Å². The molecule has 7 heteroatoms. The van der Waals surface area contributed by atoms with Gasteiger partial charge in [0.05, 0.1) is 6.61 Å². The van der Waals surface area contributed by atoms with Gasteiger partial charge in [-0.25, -0.2) is 4.99 Å². The van der Waals surface area contributed by atoms with Crippen LogP contribution in [0.3, 0.4) is 0 Å². The summed E-state index contributed by atoms with van der Waals surface area (Å²) in [4.78, 5) is 16.4. The molecule has 1 unspecified atom stereocenters. The summed E-state index contributed by atoms with van der Waals surface area (Å²) < 4.78 is 5.49. The van der Waals surface area contributed by atoms with Crippen molar-refractivity contribution in [2.75, 3.05) is 44.8 Å². The minimum absolute atomic E-state index is 0.0354. The van der Waals surface area contributed by atoms with E-state index in [1.807, 2.05) is 37.3 Å². The van der Waals surface area contributed by atoms with Crippen molar-refractivity contribution in [1.82, 2.24) is 10.6 Å². The van der Waals surface area contributed by atoms with Gasteiger partial charge in [0.15, 0.2) is 5.96 Å². The Labute approximate surface area is 148 Å². The highest BCUT2D eigenvalue weighted by Gasteiger charge is 2.34. The van der Waals surface area contributed by atoms with Crippen molar-refractivity contribution in [2.45, 2.75) is 19.8 Å². The van der Waals surface area contributed by atoms with Crippen LogP contribution in [0.4, 0.5) is 5.69 Å². The number of benzene rings is 1. The van der Waals surface area contributed by atoms with Crippen LogP contribution in [0.2, 0.25) is 0 Å². The molecule has 1 heterocycles. The molecule has 0 saturated carbocycles. The standard InChI is InChI=1S/C18H28N4O3/c1-2-19-17(21-13-18(8-10-23)9-11-25-14-18)20-12-16(24)22-15-6-4-3-5-7-15/h3-7,23H,2,8-14H2,1H3,(H,22,24)(H2,19,20,21). The highest BCUT2D eigenvalue weighted by Crippen LogP contribution is 2.31. The largest absolute Gasteiger partial charge is 0.396 e. The number of aliphatic hydroxyl groups excluding tert-OH is 1. The zero-order valence-corrected chi connectivity index (χ0v) is 14.8. The zero-order valence-electron chi connectivity index (χ0n) is 14.8. The number of aliphatic hydroxyl groups is 1. The normalized spacial score (nSPS) is 20.3. The maximum absolute atomic E-state index is 12.0. The van der Waals surface area contributed by atoms with E-state index in [-0.39, 0.29) is 24.5 Å². The molecule has 1 aliphatic rings. The first-order chi connectivity index (χ1) is 12.2. The number of aliphatic imine (C=N–C) groups is 1. The molecule has 1 amide bonds. The Hall–Kier alpha value is -2.12. The van der Waals surface area contributed by atoms with E-state index in [1.54, 1.807) is 0 Å². The van der Waals surface area contributed by atoms with Crippen LogP contribution in [0, 0.1) is 5.41 Å². The molecular formula is C18H28N4O3. The van der Waals surface area contributed by atoms with Crippen LogP contribution in [-0.4, -0.2) is 56.4 Å². The van der Waals surface area contributed by atoms with Crippen LogP contribution >= 0.6 is 0 Å². The SMILES string of the molecule is CCNC(=NCC(=O)Nc1ccccc1)NCC1(CCO)CCOC1. The van der Waals surface area contributed by atoms with Gasteiger partial charge >= 0.3 is 0 Å². The van der Waals surface area contributed by atoms with Gasteiger partial charge in [-0.3, -0.25) is 4.79 Å². The number of nitrogens with one attached hydrogen (secondary N) is 3. The third-order valence-electron chi connectivity index (χ3n) is 4.24. The van der Waals surface area contributed by atoms with E-state index >= 15 is 0 Å². The lowest BCUT2D eigenvalue weighted by atomic mass is 9.84. The summed E-state index contributed by atoms with van der Waals surface area (Å²) in [5.74, 6) is 0.424. The molecule has 1 aliphatic heterocycles. The highest BCUT2D eigenvalue weighted by molar-refractivity contribution is 5.94. The second-order valence-electron chi connectivity index (χ2n) is 6.24. The van der Waals surface area contributed by atoms with Crippen molar-refractivity contribution >= 4 is 17.6 Å². The number of hydrogen-bond acceptors (Lipinski definition) is 4. The number of guanidine groups is 1. The van der Waals surface area contributed by atoms with E-state index in [1.165, 1.54) is 0 Å². The van der Waals surface area contributed by atoms with E-state index in [9.17, 15) is 9.90 Å². The second-order valence-corrected chi connectivity index (χ2v) is 6.24. The molecule has 1 aromatic carbocycles. The van der Waals surface area contributed by atoms with Gasteiger partial charge in [-0.2, -0.15) is 0 Å². The summed E-state index contributed by atoms with van der Waals surface area (Å²) in [6.45, 7) is 4.86. The summed E-state index contributed by atoms with van der Waals surface area (Å²) in [6, 6.07) is 9.31. The van der Waals surface area contributed by atoms with E-state index in [4.69, 9.17) is 4.74 Å². The van der Waals surface area contributed by atoms with Gasteiger partial charge in [-0.15, -0.1) is 0 Å². The van der Waals surface area contributed by atoms with Gasteiger partial charge in [0.2, 0.25) is 5.91 Å². The fraction of sp³-hybridized carbons (Fsp3) is 0.556. The van der Waals surface area contributed by atoms with Crippen LogP contribution in [0.5, 0.6) is 0 Å². The average molecular weight is 348 g/mol. The predicted octanol–water partition coefficient (Wildman–Crippen LogP) is 0.969. The van der Waals surface area contributed by atoms with Crippen molar-refractivity contribution in [3.05, 3.63) is 30.3 Å². The Morgan fingerprint density at radius 3 is 2.76 bits per heavy atom. The number of amides is 1. The Kier molecular flexibility index (Phi) is 7.69. The van der Waals surface area contributed by atoms with Crippen LogP contribution < -0.4 is 16.0 Å². The number of para-hydroxylation sites is 1. The van der Waals surface area contributed by atoms with E-state index in [0.717, 1.165) is 18.7 Å². The highest BCUT2D eigenvalue weighted by atomic mass is 16.5. The third-order valence-corrected chi connectivity index (χ3v) is 4.24. The van der Waals surface area contributed by atoms with Crippen LogP contribution in [0.15, 0.2) is 35.3 Å². The molecule has 1 fully saturated rings. The van der Waals surface area contributed by atoms with E-state index in [2.05, 4.69) is 20.9 Å². The monoisotopic (exact) mass is 348 g/mol. The molecule has 4 N–H and O–H groups in total. The van der Waals surface area contributed by atoms with Crippen molar-refractivity contribution in [3.63, 3.8) is 0 Å². The minimum Gasteiger partial charge on any atom is -0.396 e. The Bertz CT molecular complexity index is 557.